The monoisotopic (exact) mass is 248 g/mol. The first-order valence-electron chi connectivity index (χ1n) is 5.19. The van der Waals surface area contributed by atoms with Crippen molar-refractivity contribution in [2.45, 2.75) is 6.61 Å². The van der Waals surface area contributed by atoms with Gasteiger partial charge in [-0.25, -0.2) is 0 Å². The number of aldehydes is 1. The molecule has 0 fully saturated rings. The maximum atomic E-state index is 10.4. The summed E-state index contributed by atoms with van der Waals surface area (Å²) in [5.41, 5.74) is 1.18. The Morgan fingerprint density at radius 3 is 3.00 bits per heavy atom. The van der Waals surface area contributed by atoms with Gasteiger partial charge in [-0.05, 0) is 34.5 Å². The molecule has 2 heterocycles. The lowest BCUT2D eigenvalue weighted by Gasteiger charge is -1.96. The maximum absolute atomic E-state index is 10.4. The lowest BCUT2D eigenvalue weighted by atomic mass is 10.3. The van der Waals surface area contributed by atoms with Crippen LogP contribution in [0.3, 0.4) is 0 Å². The Bertz CT molecular complexity index is 482. The summed E-state index contributed by atoms with van der Waals surface area (Å²) in [5, 5.41) is 4.10. The van der Waals surface area contributed by atoms with E-state index in [1.165, 1.54) is 5.56 Å². The first kappa shape index (κ1) is 11.8. The molecule has 0 aromatic carbocycles. The summed E-state index contributed by atoms with van der Waals surface area (Å²) in [6, 6.07) is 5.42. The van der Waals surface area contributed by atoms with Gasteiger partial charge in [-0.2, -0.15) is 11.3 Å². The summed E-state index contributed by atoms with van der Waals surface area (Å²) in [5.74, 6) is 0.994. The predicted octanol–water partition coefficient (Wildman–Crippen LogP) is 3.38. The van der Waals surface area contributed by atoms with Gasteiger partial charge in [0, 0.05) is 0 Å². The van der Waals surface area contributed by atoms with Gasteiger partial charge in [0.2, 0.25) is 0 Å². The van der Waals surface area contributed by atoms with Crippen LogP contribution in [0, 0.1) is 0 Å². The van der Waals surface area contributed by atoms with Gasteiger partial charge in [-0.1, -0.05) is 12.2 Å². The third kappa shape index (κ3) is 3.69. The fourth-order valence-electron chi connectivity index (χ4n) is 1.32. The number of thiophene rings is 1. The van der Waals surface area contributed by atoms with Gasteiger partial charge in [0.15, 0.2) is 12.0 Å². The van der Waals surface area contributed by atoms with Gasteiger partial charge < -0.3 is 9.15 Å². The minimum atomic E-state index is 0.331. The molecule has 0 unspecified atom stereocenters. The van der Waals surface area contributed by atoms with Crippen LogP contribution in [0.2, 0.25) is 0 Å². The van der Waals surface area contributed by atoms with E-state index in [-0.39, 0.29) is 0 Å². The van der Waals surface area contributed by atoms with Crippen LogP contribution >= 0.6 is 11.3 Å². The van der Waals surface area contributed by atoms with E-state index in [9.17, 15) is 4.79 Å². The van der Waals surface area contributed by atoms with Crippen LogP contribution in [-0.2, 0) is 11.3 Å². The molecule has 0 saturated heterocycles. The zero-order valence-corrected chi connectivity index (χ0v) is 9.98. The van der Waals surface area contributed by atoms with Crippen molar-refractivity contribution in [3.05, 3.63) is 52.1 Å². The molecule has 2 rings (SSSR count). The van der Waals surface area contributed by atoms with Crippen molar-refractivity contribution in [3.63, 3.8) is 0 Å². The summed E-state index contributed by atoms with van der Waals surface area (Å²) in [7, 11) is 0. The van der Waals surface area contributed by atoms with Crippen LogP contribution in [-0.4, -0.2) is 12.9 Å². The highest BCUT2D eigenvalue weighted by molar-refractivity contribution is 7.08. The Hall–Kier alpha value is -1.65. The lowest BCUT2D eigenvalue weighted by molar-refractivity contribution is 0.108. The van der Waals surface area contributed by atoms with Crippen LogP contribution in [0.5, 0.6) is 0 Å². The molecule has 0 aliphatic carbocycles. The van der Waals surface area contributed by atoms with Crippen molar-refractivity contribution in [1.29, 1.82) is 0 Å². The second-order valence-electron chi connectivity index (χ2n) is 3.40. The molecular weight excluding hydrogens is 236 g/mol. The van der Waals surface area contributed by atoms with Crippen LogP contribution < -0.4 is 0 Å². The molecular formula is C13H12O3S. The Balaban J connectivity index is 1.71. The molecule has 3 nitrogen and oxygen atoms in total. The Kier molecular flexibility index (Phi) is 4.30. The lowest BCUT2D eigenvalue weighted by Crippen LogP contribution is -1.90. The van der Waals surface area contributed by atoms with Crippen molar-refractivity contribution in [1.82, 2.24) is 0 Å². The molecule has 0 spiro atoms. The van der Waals surface area contributed by atoms with Gasteiger partial charge in [0.25, 0.3) is 0 Å². The number of rotatable bonds is 6. The number of hydrogen-bond acceptors (Lipinski definition) is 4. The SMILES string of the molecule is O=Cc1ccc(COCC=Cc2ccsc2)o1. The second-order valence-corrected chi connectivity index (χ2v) is 4.18. The van der Waals surface area contributed by atoms with Crippen molar-refractivity contribution < 1.29 is 13.9 Å². The first-order valence-corrected chi connectivity index (χ1v) is 6.13. The fraction of sp³-hybridized carbons (Fsp3) is 0.154. The highest BCUT2D eigenvalue weighted by atomic mass is 32.1. The summed E-state index contributed by atoms with van der Waals surface area (Å²) in [4.78, 5) is 10.4. The maximum Gasteiger partial charge on any atom is 0.185 e. The minimum absolute atomic E-state index is 0.331. The number of carbonyl (C=O) groups excluding carboxylic acids is 1. The molecule has 0 N–H and O–H groups in total. The van der Waals surface area contributed by atoms with E-state index in [4.69, 9.17) is 9.15 Å². The Morgan fingerprint density at radius 1 is 1.35 bits per heavy atom. The van der Waals surface area contributed by atoms with Gasteiger partial charge in [0.05, 0.1) is 6.61 Å². The number of carbonyl (C=O) groups is 1. The third-order valence-corrected chi connectivity index (χ3v) is 2.81. The van der Waals surface area contributed by atoms with E-state index in [1.807, 2.05) is 23.6 Å². The average molecular weight is 248 g/mol. The van der Waals surface area contributed by atoms with Gasteiger partial charge >= 0.3 is 0 Å². The molecule has 0 bridgehead atoms. The second kappa shape index (κ2) is 6.18. The Labute approximate surface area is 103 Å². The smallest absolute Gasteiger partial charge is 0.185 e. The highest BCUT2D eigenvalue weighted by Crippen LogP contribution is 2.09. The molecule has 0 amide bonds. The van der Waals surface area contributed by atoms with E-state index < -0.39 is 0 Å². The summed E-state index contributed by atoms with van der Waals surface area (Å²) in [6.07, 6.45) is 4.64. The van der Waals surface area contributed by atoms with Crippen molar-refractivity contribution in [2.24, 2.45) is 0 Å². The highest BCUT2D eigenvalue weighted by Gasteiger charge is 1.99. The molecule has 0 aliphatic rings. The Morgan fingerprint density at radius 2 is 2.29 bits per heavy atom. The molecule has 0 atom stereocenters. The number of furan rings is 1. The molecule has 88 valence electrons. The van der Waals surface area contributed by atoms with E-state index in [2.05, 4.69) is 5.38 Å². The molecule has 2 aromatic rings. The first-order chi connectivity index (χ1) is 8.38. The molecule has 0 radical (unpaired) electrons. The predicted molar refractivity (Wildman–Crippen MR) is 67.1 cm³/mol. The average Bonchev–Trinajstić information content (AvgIpc) is 2.99. The van der Waals surface area contributed by atoms with Crippen molar-refractivity contribution in [2.75, 3.05) is 6.61 Å². The quantitative estimate of drug-likeness (QED) is 0.581. The molecule has 2 aromatic heterocycles. The van der Waals surface area contributed by atoms with E-state index in [0.717, 1.165) is 0 Å². The zero-order chi connectivity index (χ0) is 11.9. The van der Waals surface area contributed by atoms with Gasteiger partial charge in [-0.3, -0.25) is 4.79 Å². The van der Waals surface area contributed by atoms with Crippen LogP contribution in [0.25, 0.3) is 6.08 Å². The molecule has 0 aliphatic heterocycles. The third-order valence-electron chi connectivity index (χ3n) is 2.11. The zero-order valence-electron chi connectivity index (χ0n) is 9.17. The van der Waals surface area contributed by atoms with Crippen LogP contribution in [0.1, 0.15) is 21.9 Å². The van der Waals surface area contributed by atoms with Crippen LogP contribution in [0.4, 0.5) is 0 Å². The van der Waals surface area contributed by atoms with Gasteiger partial charge in [0.1, 0.15) is 12.4 Å². The van der Waals surface area contributed by atoms with E-state index in [0.29, 0.717) is 31.0 Å². The standard InChI is InChI=1S/C13H12O3S/c14-8-12-3-4-13(16-12)9-15-6-1-2-11-5-7-17-10-11/h1-5,7-8,10H,6,9H2. The summed E-state index contributed by atoms with van der Waals surface area (Å²) < 4.78 is 10.6. The van der Waals surface area contributed by atoms with E-state index >= 15 is 0 Å². The van der Waals surface area contributed by atoms with Crippen molar-refractivity contribution >= 4 is 23.7 Å². The van der Waals surface area contributed by atoms with Gasteiger partial charge in [-0.15, -0.1) is 0 Å². The largest absolute Gasteiger partial charge is 0.456 e. The van der Waals surface area contributed by atoms with E-state index in [1.54, 1.807) is 23.5 Å². The topological polar surface area (TPSA) is 39.4 Å². The number of hydrogen-bond donors (Lipinski definition) is 0. The van der Waals surface area contributed by atoms with Crippen LogP contribution in [0.15, 0.2) is 39.5 Å². The normalized spacial score (nSPS) is 11.1. The summed E-state index contributed by atoms with van der Waals surface area (Å²) >= 11 is 1.67. The molecule has 0 saturated carbocycles. The number of ether oxygens (including phenoxy) is 1. The minimum Gasteiger partial charge on any atom is -0.456 e. The fourth-order valence-corrected chi connectivity index (χ4v) is 1.95. The summed E-state index contributed by atoms with van der Waals surface area (Å²) in [6.45, 7) is 0.898. The van der Waals surface area contributed by atoms with Crippen molar-refractivity contribution in [3.8, 4) is 0 Å². The molecule has 4 heteroatoms. The molecule has 17 heavy (non-hydrogen) atoms.